The van der Waals surface area contributed by atoms with E-state index < -0.39 is 25.7 Å². The first-order chi connectivity index (χ1) is 21.7. The van der Waals surface area contributed by atoms with E-state index >= 15 is 0 Å². The van der Waals surface area contributed by atoms with E-state index in [0.29, 0.717) is 41.8 Å². The van der Waals surface area contributed by atoms with Crippen LogP contribution in [0.3, 0.4) is 0 Å². The van der Waals surface area contributed by atoms with Crippen LogP contribution in [0.5, 0.6) is 0 Å². The highest BCUT2D eigenvalue weighted by Gasteiger charge is 2.56. The molecule has 0 spiro atoms. The predicted molar refractivity (Wildman–Crippen MR) is 176 cm³/mol. The van der Waals surface area contributed by atoms with Crippen molar-refractivity contribution in [2.75, 3.05) is 24.3 Å². The fourth-order valence-electron chi connectivity index (χ4n) is 6.06. The molecule has 252 valence electrons. The van der Waals surface area contributed by atoms with Crippen LogP contribution < -0.4 is 5.32 Å². The Hall–Kier alpha value is -2.23. The third-order valence-corrected chi connectivity index (χ3v) is 15.2. The molecule has 3 aromatic rings. The normalized spacial score (nSPS) is 27.3. The largest absolute Gasteiger partial charge is 0.414 e. The van der Waals surface area contributed by atoms with Crippen molar-refractivity contribution in [2.45, 2.75) is 126 Å². The second kappa shape index (κ2) is 12.7. The third kappa shape index (κ3) is 6.84. The number of fused-ring (bicyclic) bond motifs is 2. The SMILES string of the molecule is CCCSc1nc(N[C@@H]2C[C@H]2c2ccc(F)c(F)c2)c2nnn([C@@H]3C[C@H](OCCO[Si](C)(C)C(C)(C)C)[C@H]4OC(C)(C)O[C@H]43)c2n1. The van der Waals surface area contributed by atoms with Crippen LogP contribution in [0.4, 0.5) is 14.6 Å². The minimum absolute atomic E-state index is 0.00619. The molecule has 6 atom stereocenters. The van der Waals surface area contributed by atoms with Gasteiger partial charge in [-0.25, -0.2) is 23.4 Å². The van der Waals surface area contributed by atoms with Gasteiger partial charge in [0.05, 0.1) is 25.4 Å². The molecule has 3 heterocycles. The molecule has 10 nitrogen and oxygen atoms in total. The second-order valence-electron chi connectivity index (χ2n) is 14.6. The Labute approximate surface area is 274 Å². The summed E-state index contributed by atoms with van der Waals surface area (Å²) in [5, 5.41) is 13.4. The Morgan fingerprint density at radius 1 is 1.09 bits per heavy atom. The maximum absolute atomic E-state index is 13.9. The molecule has 1 N–H and O–H groups in total. The van der Waals surface area contributed by atoms with E-state index in [2.05, 4.69) is 56.4 Å². The van der Waals surface area contributed by atoms with Gasteiger partial charge in [-0.3, -0.25) is 0 Å². The lowest BCUT2D eigenvalue weighted by atomic mass is 10.1. The van der Waals surface area contributed by atoms with Gasteiger partial charge in [0.25, 0.3) is 0 Å². The van der Waals surface area contributed by atoms with Gasteiger partial charge in [0.2, 0.25) is 0 Å². The highest BCUT2D eigenvalue weighted by molar-refractivity contribution is 7.99. The van der Waals surface area contributed by atoms with Gasteiger partial charge in [0.15, 0.2) is 47.9 Å². The zero-order valence-electron chi connectivity index (χ0n) is 28.0. The summed E-state index contributed by atoms with van der Waals surface area (Å²) in [6.07, 6.45) is 1.57. The van der Waals surface area contributed by atoms with Gasteiger partial charge >= 0.3 is 0 Å². The lowest BCUT2D eigenvalue weighted by Gasteiger charge is -2.36. The van der Waals surface area contributed by atoms with Crippen molar-refractivity contribution in [3.8, 4) is 0 Å². The molecule has 0 bridgehead atoms. The van der Waals surface area contributed by atoms with E-state index in [1.807, 2.05) is 18.5 Å². The van der Waals surface area contributed by atoms with Crippen LogP contribution in [0.15, 0.2) is 23.4 Å². The zero-order valence-corrected chi connectivity index (χ0v) is 29.8. The van der Waals surface area contributed by atoms with Crippen LogP contribution in [0, 0.1) is 11.6 Å². The van der Waals surface area contributed by atoms with Crippen molar-refractivity contribution < 1.29 is 27.4 Å². The van der Waals surface area contributed by atoms with E-state index in [4.69, 9.17) is 28.6 Å². The number of ether oxygens (including phenoxy) is 3. The van der Waals surface area contributed by atoms with Crippen molar-refractivity contribution in [3.05, 3.63) is 35.4 Å². The highest BCUT2D eigenvalue weighted by Crippen LogP contribution is 2.47. The summed E-state index contributed by atoms with van der Waals surface area (Å²) in [5.74, 6) is -0.966. The van der Waals surface area contributed by atoms with Gasteiger partial charge in [-0.15, -0.1) is 5.10 Å². The average molecular weight is 677 g/mol. The summed E-state index contributed by atoms with van der Waals surface area (Å²) < 4.78 is 54.9. The molecule has 3 fully saturated rings. The second-order valence-corrected chi connectivity index (χ2v) is 20.4. The maximum Gasteiger partial charge on any atom is 0.192 e. The van der Waals surface area contributed by atoms with E-state index in [1.54, 1.807) is 17.8 Å². The first-order valence-corrected chi connectivity index (χ1v) is 20.2. The minimum Gasteiger partial charge on any atom is -0.414 e. The molecule has 46 heavy (non-hydrogen) atoms. The Morgan fingerprint density at radius 2 is 1.85 bits per heavy atom. The molecular weight excluding hydrogens is 631 g/mol. The lowest BCUT2D eigenvalue weighted by molar-refractivity contribution is -0.170. The van der Waals surface area contributed by atoms with Gasteiger partial charge in [-0.1, -0.05) is 50.7 Å². The summed E-state index contributed by atoms with van der Waals surface area (Å²) in [5.41, 5.74) is 1.92. The molecule has 3 aliphatic rings. The summed E-state index contributed by atoms with van der Waals surface area (Å²) in [6.45, 7) is 18.1. The number of halogens is 2. The molecule has 0 unspecified atom stereocenters. The number of hydrogen-bond acceptors (Lipinski definition) is 10. The Bertz CT molecular complexity index is 1570. The first-order valence-electron chi connectivity index (χ1n) is 16.3. The maximum atomic E-state index is 13.9. The number of thioether (sulfide) groups is 1. The predicted octanol–water partition coefficient (Wildman–Crippen LogP) is 6.84. The number of nitrogens with zero attached hydrogens (tertiary/aromatic N) is 5. The number of nitrogens with one attached hydrogen (secondary N) is 1. The standard InChI is InChI=1S/C32H46F2N6O4SSi/c1-9-14-45-30-36-28(35-22-16-19(22)18-10-11-20(33)21(34)15-18)25-29(37-30)40(39-38-25)23-17-24(27-26(23)43-32(5,6)44-27)41-12-13-42-46(7,8)31(2,3)4/h10-11,15,19,22-24,26-27H,9,12-14,16-17H2,1-8H3,(H,35,36,37)/t19-,22+,23+,24-,26-,27+/m0/s1. The Balaban J connectivity index is 1.23. The Kier molecular flexibility index (Phi) is 9.26. The van der Waals surface area contributed by atoms with E-state index in [0.717, 1.165) is 24.2 Å². The van der Waals surface area contributed by atoms with Gasteiger partial charge in [-0.05, 0) is 62.5 Å². The van der Waals surface area contributed by atoms with Crippen LogP contribution in [-0.2, 0) is 18.6 Å². The molecule has 2 aliphatic carbocycles. The van der Waals surface area contributed by atoms with E-state index in [-0.39, 0.29) is 41.4 Å². The molecule has 6 rings (SSSR count). The summed E-state index contributed by atoms with van der Waals surface area (Å²) >= 11 is 1.58. The molecule has 0 radical (unpaired) electrons. The number of aromatic nitrogens is 5. The molecule has 2 aromatic heterocycles. The summed E-state index contributed by atoms with van der Waals surface area (Å²) in [6, 6.07) is 3.88. The quantitative estimate of drug-likeness (QED) is 0.0949. The van der Waals surface area contributed by atoms with Crippen molar-refractivity contribution in [2.24, 2.45) is 0 Å². The van der Waals surface area contributed by atoms with Crippen LogP contribution >= 0.6 is 11.8 Å². The fraction of sp³-hybridized carbons (Fsp3) is 0.688. The first kappa shape index (κ1) is 33.7. The summed E-state index contributed by atoms with van der Waals surface area (Å²) in [4.78, 5) is 9.72. The molecule has 1 saturated heterocycles. The van der Waals surface area contributed by atoms with Crippen molar-refractivity contribution in [1.29, 1.82) is 0 Å². The number of anilines is 1. The van der Waals surface area contributed by atoms with Crippen LogP contribution in [0.1, 0.15) is 78.3 Å². The van der Waals surface area contributed by atoms with Crippen LogP contribution in [-0.4, -0.2) is 82.4 Å². The Morgan fingerprint density at radius 3 is 2.57 bits per heavy atom. The number of rotatable bonds is 12. The minimum atomic E-state index is -1.89. The highest BCUT2D eigenvalue weighted by atomic mass is 32.2. The molecule has 1 aliphatic heterocycles. The van der Waals surface area contributed by atoms with Crippen molar-refractivity contribution in [1.82, 2.24) is 25.0 Å². The number of hydrogen-bond donors (Lipinski definition) is 1. The third-order valence-electron chi connectivity index (χ3n) is 9.60. The lowest BCUT2D eigenvalue weighted by Crippen LogP contribution is -2.42. The monoisotopic (exact) mass is 676 g/mol. The fourth-order valence-corrected chi connectivity index (χ4v) is 7.78. The van der Waals surface area contributed by atoms with Gasteiger partial charge in [0, 0.05) is 24.1 Å². The smallest absolute Gasteiger partial charge is 0.192 e. The summed E-state index contributed by atoms with van der Waals surface area (Å²) in [7, 11) is -1.89. The van der Waals surface area contributed by atoms with Gasteiger partial charge in [-0.2, -0.15) is 0 Å². The molecular formula is C32H46F2N6O4SSi. The molecule has 14 heteroatoms. The van der Waals surface area contributed by atoms with Crippen molar-refractivity contribution in [3.63, 3.8) is 0 Å². The van der Waals surface area contributed by atoms with Gasteiger partial charge in [0.1, 0.15) is 12.2 Å². The van der Waals surface area contributed by atoms with E-state index in [9.17, 15) is 8.78 Å². The van der Waals surface area contributed by atoms with Crippen LogP contribution in [0.2, 0.25) is 18.1 Å². The molecule has 1 aromatic carbocycles. The van der Waals surface area contributed by atoms with E-state index in [1.165, 1.54) is 12.1 Å². The molecule has 2 saturated carbocycles. The number of benzene rings is 1. The molecule has 0 amide bonds. The average Bonchev–Trinajstić information content (AvgIpc) is 3.31. The topological polar surface area (TPSA) is 105 Å². The zero-order chi connectivity index (χ0) is 33.0. The van der Waals surface area contributed by atoms with Crippen molar-refractivity contribution >= 4 is 37.1 Å². The van der Waals surface area contributed by atoms with Crippen LogP contribution in [0.25, 0.3) is 11.2 Å². The van der Waals surface area contributed by atoms with Gasteiger partial charge < -0.3 is 24.0 Å².